The maximum absolute atomic E-state index is 5.82. The van der Waals surface area contributed by atoms with E-state index in [2.05, 4.69) is 50.3 Å². The fourth-order valence-electron chi connectivity index (χ4n) is 2.55. The maximum atomic E-state index is 5.82. The van der Waals surface area contributed by atoms with Crippen LogP contribution in [0.2, 0.25) is 0 Å². The van der Waals surface area contributed by atoms with Crippen LogP contribution >= 0.6 is 0 Å². The molecule has 100 valence electrons. The molecule has 1 N–H and O–H groups in total. The molecule has 1 aliphatic heterocycles. The van der Waals surface area contributed by atoms with Gasteiger partial charge in [-0.1, -0.05) is 17.7 Å². The lowest BCUT2D eigenvalue weighted by Gasteiger charge is -2.29. The summed E-state index contributed by atoms with van der Waals surface area (Å²) in [6.07, 6.45) is 1.06. The highest BCUT2D eigenvalue weighted by Crippen LogP contribution is 2.35. The Labute approximate surface area is 110 Å². The first-order valence-corrected chi connectivity index (χ1v) is 6.70. The molecule has 1 aliphatic rings. The average molecular weight is 248 g/mol. The maximum Gasteiger partial charge on any atom is 0.126 e. The fourth-order valence-corrected chi connectivity index (χ4v) is 2.55. The van der Waals surface area contributed by atoms with Crippen LogP contribution in [-0.4, -0.2) is 38.7 Å². The Bertz CT molecular complexity index is 415. The third kappa shape index (κ3) is 3.03. The first kappa shape index (κ1) is 13.4. The number of likely N-dealkylation sites (N-methyl/N-ethyl adjacent to an activating group) is 1. The molecule has 3 nitrogen and oxygen atoms in total. The van der Waals surface area contributed by atoms with Crippen LogP contribution in [0.5, 0.6) is 5.75 Å². The summed E-state index contributed by atoms with van der Waals surface area (Å²) in [5.74, 6) is 1.09. The third-order valence-corrected chi connectivity index (χ3v) is 3.43. The Hall–Kier alpha value is -1.06. The predicted molar refractivity (Wildman–Crippen MR) is 75.3 cm³/mol. The summed E-state index contributed by atoms with van der Waals surface area (Å²) in [4.78, 5) is 2.20. The molecule has 0 saturated carbocycles. The molecule has 1 heterocycles. The number of fused-ring (bicyclic) bond motifs is 1. The number of aryl methyl sites for hydroxylation is 2. The first-order valence-electron chi connectivity index (χ1n) is 6.70. The van der Waals surface area contributed by atoms with E-state index in [1.54, 1.807) is 0 Å². The van der Waals surface area contributed by atoms with Gasteiger partial charge in [0, 0.05) is 31.1 Å². The molecule has 0 aromatic heterocycles. The van der Waals surface area contributed by atoms with Gasteiger partial charge in [0.15, 0.2) is 0 Å². The standard InChI is InChI=1S/C15H24N2O/c1-11-9-12(2)15-13(10-11)14(5-8-18-15)16-6-7-17(3)4/h9-10,14,16H,5-8H2,1-4H3. The van der Waals surface area contributed by atoms with E-state index in [1.807, 2.05) is 0 Å². The number of nitrogens with zero attached hydrogens (tertiary/aromatic N) is 1. The normalized spacial score (nSPS) is 18.6. The molecule has 0 saturated heterocycles. The van der Waals surface area contributed by atoms with E-state index in [1.165, 1.54) is 16.7 Å². The Balaban J connectivity index is 2.12. The zero-order chi connectivity index (χ0) is 13.1. The van der Waals surface area contributed by atoms with E-state index in [0.29, 0.717) is 6.04 Å². The van der Waals surface area contributed by atoms with E-state index in [-0.39, 0.29) is 0 Å². The molecule has 1 unspecified atom stereocenters. The van der Waals surface area contributed by atoms with Gasteiger partial charge in [0.2, 0.25) is 0 Å². The Kier molecular flexibility index (Phi) is 4.25. The van der Waals surface area contributed by atoms with Gasteiger partial charge in [0.05, 0.1) is 6.61 Å². The SMILES string of the molecule is Cc1cc(C)c2c(c1)C(NCCN(C)C)CCO2. The summed E-state index contributed by atoms with van der Waals surface area (Å²) in [6.45, 7) is 7.19. The quantitative estimate of drug-likeness (QED) is 0.884. The lowest BCUT2D eigenvalue weighted by Crippen LogP contribution is -2.32. The number of nitrogens with one attached hydrogen (secondary N) is 1. The first-order chi connectivity index (χ1) is 8.58. The van der Waals surface area contributed by atoms with Crippen molar-refractivity contribution in [3.63, 3.8) is 0 Å². The Morgan fingerprint density at radius 1 is 1.33 bits per heavy atom. The minimum absolute atomic E-state index is 0.437. The van der Waals surface area contributed by atoms with Crippen molar-refractivity contribution in [3.8, 4) is 5.75 Å². The van der Waals surface area contributed by atoms with Crippen LogP contribution in [0.1, 0.15) is 29.2 Å². The highest BCUT2D eigenvalue weighted by molar-refractivity contribution is 5.46. The number of rotatable bonds is 4. The third-order valence-electron chi connectivity index (χ3n) is 3.43. The van der Waals surface area contributed by atoms with Gasteiger partial charge in [-0.25, -0.2) is 0 Å². The fraction of sp³-hybridized carbons (Fsp3) is 0.600. The van der Waals surface area contributed by atoms with E-state index in [0.717, 1.165) is 31.9 Å². The average Bonchev–Trinajstić information content (AvgIpc) is 2.29. The van der Waals surface area contributed by atoms with Crippen LogP contribution in [0.3, 0.4) is 0 Å². The zero-order valence-electron chi connectivity index (χ0n) is 11.9. The van der Waals surface area contributed by atoms with Gasteiger partial charge in [-0.3, -0.25) is 0 Å². The van der Waals surface area contributed by atoms with E-state index >= 15 is 0 Å². The molecular formula is C15H24N2O. The van der Waals surface area contributed by atoms with Crippen molar-refractivity contribution in [1.82, 2.24) is 10.2 Å². The van der Waals surface area contributed by atoms with Crippen LogP contribution in [0.4, 0.5) is 0 Å². The van der Waals surface area contributed by atoms with Crippen molar-refractivity contribution in [2.75, 3.05) is 33.8 Å². The monoisotopic (exact) mass is 248 g/mol. The largest absolute Gasteiger partial charge is 0.493 e. The van der Waals surface area contributed by atoms with Crippen molar-refractivity contribution in [1.29, 1.82) is 0 Å². The molecule has 0 radical (unpaired) electrons. The number of benzene rings is 1. The van der Waals surface area contributed by atoms with Gasteiger partial charge in [0.1, 0.15) is 5.75 Å². The van der Waals surface area contributed by atoms with Crippen molar-refractivity contribution in [3.05, 3.63) is 28.8 Å². The number of ether oxygens (including phenoxy) is 1. The molecule has 1 atom stereocenters. The summed E-state index contributed by atoms with van der Waals surface area (Å²) in [5, 5.41) is 3.64. The van der Waals surface area contributed by atoms with Crippen LogP contribution in [0.25, 0.3) is 0 Å². The molecule has 0 fully saturated rings. The molecule has 3 heteroatoms. The highest BCUT2D eigenvalue weighted by Gasteiger charge is 2.22. The zero-order valence-corrected chi connectivity index (χ0v) is 11.9. The lowest BCUT2D eigenvalue weighted by molar-refractivity contribution is 0.248. The van der Waals surface area contributed by atoms with Gasteiger partial charge in [-0.05, 0) is 33.5 Å². The molecule has 0 spiro atoms. The topological polar surface area (TPSA) is 24.5 Å². The van der Waals surface area contributed by atoms with Crippen molar-refractivity contribution in [2.24, 2.45) is 0 Å². The predicted octanol–water partition coefficient (Wildman–Crippen LogP) is 2.28. The second kappa shape index (κ2) is 5.72. The molecule has 2 rings (SSSR count). The molecular weight excluding hydrogens is 224 g/mol. The lowest BCUT2D eigenvalue weighted by atomic mass is 9.96. The molecule has 0 amide bonds. The Morgan fingerprint density at radius 2 is 2.11 bits per heavy atom. The Morgan fingerprint density at radius 3 is 2.83 bits per heavy atom. The smallest absolute Gasteiger partial charge is 0.126 e. The van der Waals surface area contributed by atoms with Crippen LogP contribution in [-0.2, 0) is 0 Å². The number of hydrogen-bond acceptors (Lipinski definition) is 3. The highest BCUT2D eigenvalue weighted by atomic mass is 16.5. The van der Waals surface area contributed by atoms with Crippen LogP contribution in [0, 0.1) is 13.8 Å². The van der Waals surface area contributed by atoms with Crippen LogP contribution in [0.15, 0.2) is 12.1 Å². The number of hydrogen-bond donors (Lipinski definition) is 1. The molecule has 1 aromatic rings. The van der Waals surface area contributed by atoms with Gasteiger partial charge in [-0.15, -0.1) is 0 Å². The summed E-state index contributed by atoms with van der Waals surface area (Å²) in [5.41, 5.74) is 3.90. The molecule has 0 aliphatic carbocycles. The van der Waals surface area contributed by atoms with Crippen molar-refractivity contribution in [2.45, 2.75) is 26.3 Å². The minimum Gasteiger partial charge on any atom is -0.493 e. The molecule has 18 heavy (non-hydrogen) atoms. The van der Waals surface area contributed by atoms with E-state index < -0.39 is 0 Å². The van der Waals surface area contributed by atoms with Gasteiger partial charge in [-0.2, -0.15) is 0 Å². The van der Waals surface area contributed by atoms with Crippen molar-refractivity contribution < 1.29 is 4.74 Å². The second-order valence-electron chi connectivity index (χ2n) is 5.45. The second-order valence-corrected chi connectivity index (χ2v) is 5.45. The van der Waals surface area contributed by atoms with Gasteiger partial charge in [0.25, 0.3) is 0 Å². The summed E-state index contributed by atoms with van der Waals surface area (Å²) in [7, 11) is 4.21. The van der Waals surface area contributed by atoms with Gasteiger partial charge >= 0.3 is 0 Å². The summed E-state index contributed by atoms with van der Waals surface area (Å²) in [6, 6.07) is 4.89. The van der Waals surface area contributed by atoms with Crippen LogP contribution < -0.4 is 10.1 Å². The molecule has 1 aromatic carbocycles. The molecule has 0 bridgehead atoms. The van der Waals surface area contributed by atoms with Crippen molar-refractivity contribution >= 4 is 0 Å². The van der Waals surface area contributed by atoms with Gasteiger partial charge < -0.3 is 15.0 Å². The summed E-state index contributed by atoms with van der Waals surface area (Å²) >= 11 is 0. The van der Waals surface area contributed by atoms with E-state index in [4.69, 9.17) is 4.74 Å². The minimum atomic E-state index is 0.437. The summed E-state index contributed by atoms with van der Waals surface area (Å²) < 4.78 is 5.82. The van der Waals surface area contributed by atoms with E-state index in [9.17, 15) is 0 Å².